The predicted octanol–water partition coefficient (Wildman–Crippen LogP) is 3.93. The van der Waals surface area contributed by atoms with Crippen LogP contribution in [0.25, 0.3) is 0 Å². The van der Waals surface area contributed by atoms with Crippen molar-refractivity contribution >= 4 is 0 Å². The van der Waals surface area contributed by atoms with Crippen LogP contribution in [0.4, 0.5) is 4.39 Å². The van der Waals surface area contributed by atoms with Gasteiger partial charge in [0.1, 0.15) is 5.82 Å². The number of rotatable bonds is 6. The van der Waals surface area contributed by atoms with Gasteiger partial charge >= 0.3 is 0 Å². The zero-order valence-electron chi connectivity index (χ0n) is 11.3. The predicted molar refractivity (Wildman–Crippen MR) is 74.1 cm³/mol. The molecule has 1 aliphatic rings. The van der Waals surface area contributed by atoms with E-state index in [0.717, 1.165) is 12.3 Å². The van der Waals surface area contributed by atoms with Crippen molar-refractivity contribution in [1.82, 2.24) is 5.32 Å². The standard InChI is InChI=1S/C16H24FN/c1-18-16(11-8-13-4-2-3-5-13)12-14-6-9-15(17)10-7-14/h6-7,9-10,13,16,18H,2-5,8,11-12H2,1H3. The van der Waals surface area contributed by atoms with Gasteiger partial charge < -0.3 is 5.32 Å². The summed E-state index contributed by atoms with van der Waals surface area (Å²) in [6.07, 6.45) is 9.27. The second-order valence-corrected chi connectivity index (χ2v) is 5.54. The van der Waals surface area contributed by atoms with E-state index in [1.54, 1.807) is 12.1 Å². The molecule has 1 aromatic carbocycles. The average molecular weight is 249 g/mol. The van der Waals surface area contributed by atoms with Crippen molar-refractivity contribution in [2.24, 2.45) is 5.92 Å². The van der Waals surface area contributed by atoms with Gasteiger partial charge in [-0.1, -0.05) is 37.8 Å². The first-order valence-electron chi connectivity index (χ1n) is 7.19. The van der Waals surface area contributed by atoms with E-state index in [1.807, 2.05) is 19.2 Å². The van der Waals surface area contributed by atoms with Crippen LogP contribution in [0.15, 0.2) is 24.3 Å². The highest BCUT2D eigenvalue weighted by Crippen LogP contribution is 2.29. The van der Waals surface area contributed by atoms with Gasteiger partial charge in [-0.15, -0.1) is 0 Å². The lowest BCUT2D eigenvalue weighted by Gasteiger charge is -2.18. The number of hydrogen-bond acceptors (Lipinski definition) is 1. The maximum absolute atomic E-state index is 12.8. The Morgan fingerprint density at radius 3 is 2.50 bits per heavy atom. The van der Waals surface area contributed by atoms with E-state index in [9.17, 15) is 4.39 Å². The summed E-state index contributed by atoms with van der Waals surface area (Å²) in [5.74, 6) is 0.805. The first kappa shape index (κ1) is 13.5. The summed E-state index contributed by atoms with van der Waals surface area (Å²) in [6.45, 7) is 0. The molecule has 1 nitrogen and oxygen atoms in total. The van der Waals surface area contributed by atoms with E-state index in [4.69, 9.17) is 0 Å². The molecular weight excluding hydrogens is 225 g/mol. The van der Waals surface area contributed by atoms with Crippen LogP contribution in [0.1, 0.15) is 44.1 Å². The highest BCUT2D eigenvalue weighted by Gasteiger charge is 2.16. The second-order valence-electron chi connectivity index (χ2n) is 5.54. The molecule has 1 aliphatic carbocycles. The minimum absolute atomic E-state index is 0.147. The van der Waals surface area contributed by atoms with Crippen LogP contribution in [0.3, 0.4) is 0 Å². The summed E-state index contributed by atoms with van der Waals surface area (Å²) < 4.78 is 12.8. The maximum atomic E-state index is 12.8. The summed E-state index contributed by atoms with van der Waals surface area (Å²) >= 11 is 0. The van der Waals surface area contributed by atoms with Crippen LogP contribution in [-0.4, -0.2) is 13.1 Å². The zero-order valence-corrected chi connectivity index (χ0v) is 11.3. The third kappa shape index (κ3) is 4.09. The monoisotopic (exact) mass is 249 g/mol. The molecule has 1 atom stereocenters. The first-order chi connectivity index (χ1) is 8.78. The van der Waals surface area contributed by atoms with Crippen LogP contribution in [0.5, 0.6) is 0 Å². The largest absolute Gasteiger partial charge is 0.317 e. The third-order valence-electron chi connectivity index (χ3n) is 4.20. The van der Waals surface area contributed by atoms with Crippen molar-refractivity contribution < 1.29 is 4.39 Å². The lowest BCUT2D eigenvalue weighted by molar-refractivity contribution is 0.418. The van der Waals surface area contributed by atoms with Crippen LogP contribution in [0, 0.1) is 11.7 Å². The molecule has 0 bridgehead atoms. The lowest BCUT2D eigenvalue weighted by Crippen LogP contribution is -2.28. The van der Waals surface area contributed by atoms with Gasteiger partial charge in [-0.2, -0.15) is 0 Å². The summed E-state index contributed by atoms with van der Waals surface area (Å²) in [6, 6.07) is 7.43. The molecule has 2 rings (SSSR count). The van der Waals surface area contributed by atoms with E-state index >= 15 is 0 Å². The van der Waals surface area contributed by atoms with E-state index in [0.29, 0.717) is 6.04 Å². The van der Waals surface area contributed by atoms with E-state index in [1.165, 1.54) is 44.1 Å². The fourth-order valence-corrected chi connectivity index (χ4v) is 2.99. The normalized spacial score (nSPS) is 18.1. The molecular formula is C16H24FN. The smallest absolute Gasteiger partial charge is 0.123 e. The number of nitrogens with one attached hydrogen (secondary N) is 1. The van der Waals surface area contributed by atoms with E-state index in [2.05, 4.69) is 5.32 Å². The van der Waals surface area contributed by atoms with Crippen molar-refractivity contribution in [2.75, 3.05) is 7.05 Å². The van der Waals surface area contributed by atoms with Gasteiger partial charge in [0, 0.05) is 6.04 Å². The van der Waals surface area contributed by atoms with Crippen LogP contribution in [-0.2, 0) is 6.42 Å². The molecule has 0 spiro atoms. The van der Waals surface area contributed by atoms with Crippen molar-refractivity contribution in [3.05, 3.63) is 35.6 Å². The fourth-order valence-electron chi connectivity index (χ4n) is 2.99. The van der Waals surface area contributed by atoms with Gasteiger partial charge in [-0.25, -0.2) is 4.39 Å². The van der Waals surface area contributed by atoms with E-state index in [-0.39, 0.29) is 5.82 Å². The highest BCUT2D eigenvalue weighted by atomic mass is 19.1. The summed E-state index contributed by atoms with van der Waals surface area (Å²) in [4.78, 5) is 0. The van der Waals surface area contributed by atoms with Crippen LogP contribution < -0.4 is 5.32 Å². The lowest BCUT2D eigenvalue weighted by atomic mass is 9.95. The highest BCUT2D eigenvalue weighted by molar-refractivity contribution is 5.17. The Hall–Kier alpha value is -0.890. The Labute approximate surface area is 110 Å². The molecule has 1 unspecified atom stereocenters. The minimum Gasteiger partial charge on any atom is -0.317 e. The average Bonchev–Trinajstić information content (AvgIpc) is 2.90. The molecule has 0 radical (unpaired) electrons. The van der Waals surface area contributed by atoms with Gasteiger partial charge in [-0.05, 0) is 49.9 Å². The summed E-state index contributed by atoms with van der Waals surface area (Å²) in [5.41, 5.74) is 1.22. The quantitative estimate of drug-likeness (QED) is 0.805. The molecule has 1 fully saturated rings. The Kier molecular flexibility index (Phi) is 5.18. The summed E-state index contributed by atoms with van der Waals surface area (Å²) in [7, 11) is 2.03. The van der Waals surface area contributed by atoms with Crippen molar-refractivity contribution in [2.45, 2.75) is 51.0 Å². The molecule has 2 heteroatoms. The number of likely N-dealkylation sites (N-methyl/N-ethyl adjacent to an activating group) is 1. The molecule has 0 amide bonds. The molecule has 1 aromatic rings. The minimum atomic E-state index is -0.147. The third-order valence-corrected chi connectivity index (χ3v) is 4.20. The molecule has 18 heavy (non-hydrogen) atoms. The molecule has 100 valence electrons. The number of benzene rings is 1. The van der Waals surface area contributed by atoms with Gasteiger partial charge in [-0.3, -0.25) is 0 Å². The van der Waals surface area contributed by atoms with Crippen LogP contribution >= 0.6 is 0 Å². The van der Waals surface area contributed by atoms with Gasteiger partial charge in [0.15, 0.2) is 0 Å². The van der Waals surface area contributed by atoms with E-state index < -0.39 is 0 Å². The van der Waals surface area contributed by atoms with Gasteiger partial charge in [0.05, 0.1) is 0 Å². The maximum Gasteiger partial charge on any atom is 0.123 e. The Morgan fingerprint density at radius 1 is 1.22 bits per heavy atom. The van der Waals surface area contributed by atoms with Crippen molar-refractivity contribution in [3.8, 4) is 0 Å². The molecule has 0 heterocycles. The topological polar surface area (TPSA) is 12.0 Å². The molecule has 1 N–H and O–H groups in total. The molecule has 1 saturated carbocycles. The Balaban J connectivity index is 1.79. The second kappa shape index (κ2) is 6.89. The van der Waals surface area contributed by atoms with Gasteiger partial charge in [0.25, 0.3) is 0 Å². The van der Waals surface area contributed by atoms with Crippen molar-refractivity contribution in [3.63, 3.8) is 0 Å². The zero-order chi connectivity index (χ0) is 12.8. The van der Waals surface area contributed by atoms with Gasteiger partial charge in [0.2, 0.25) is 0 Å². The SMILES string of the molecule is CNC(CCC1CCCC1)Cc1ccc(F)cc1. The fraction of sp³-hybridized carbons (Fsp3) is 0.625. The molecule has 0 aromatic heterocycles. The number of hydrogen-bond donors (Lipinski definition) is 1. The molecule has 0 aliphatic heterocycles. The Bertz CT molecular complexity index is 341. The van der Waals surface area contributed by atoms with Crippen LogP contribution in [0.2, 0.25) is 0 Å². The Morgan fingerprint density at radius 2 is 1.89 bits per heavy atom. The molecule has 0 saturated heterocycles. The summed E-state index contributed by atoms with van der Waals surface area (Å²) in [5, 5.41) is 3.40. The van der Waals surface area contributed by atoms with Crippen molar-refractivity contribution in [1.29, 1.82) is 0 Å². The first-order valence-corrected chi connectivity index (χ1v) is 7.19. The number of halogens is 1.